The first-order chi connectivity index (χ1) is 8.84. The molecule has 0 unspecified atom stereocenters. The van der Waals surface area contributed by atoms with Crippen LogP contribution in [0.4, 0.5) is 0 Å². The highest BCUT2D eigenvalue weighted by molar-refractivity contribution is 7.17. The lowest BCUT2D eigenvalue weighted by Gasteiger charge is -2.03. The normalized spacial score (nSPS) is 11.2. The summed E-state index contributed by atoms with van der Waals surface area (Å²) in [4.78, 5) is 0. The number of nitrogens with one attached hydrogen (secondary N) is 2. The summed E-state index contributed by atoms with van der Waals surface area (Å²) in [6.07, 6.45) is 1.88. The smallest absolute Gasteiger partial charge is 0.0535 e. The van der Waals surface area contributed by atoms with Crippen molar-refractivity contribution >= 4 is 21.4 Å². The summed E-state index contributed by atoms with van der Waals surface area (Å²) < 4.78 is 1.36. The maximum atomic E-state index is 4.02. The molecule has 0 aliphatic heterocycles. The lowest BCUT2D eigenvalue weighted by Crippen LogP contribution is -2.12. The quantitative estimate of drug-likeness (QED) is 0.753. The first-order valence-electron chi connectivity index (χ1n) is 5.99. The molecule has 2 N–H and O–H groups in total. The van der Waals surface area contributed by atoms with Crippen LogP contribution in [0.3, 0.4) is 0 Å². The minimum absolute atomic E-state index is 0.854. The third-order valence-corrected chi connectivity index (χ3v) is 4.14. The van der Waals surface area contributed by atoms with Crippen molar-refractivity contribution in [2.24, 2.45) is 0 Å². The largest absolute Gasteiger partial charge is 0.308 e. The van der Waals surface area contributed by atoms with Gasteiger partial charge in [-0.1, -0.05) is 18.2 Å². The van der Waals surface area contributed by atoms with Gasteiger partial charge in [-0.25, -0.2) is 0 Å². The average molecular weight is 257 g/mol. The predicted octanol–water partition coefficient (Wildman–Crippen LogP) is 3.22. The van der Waals surface area contributed by atoms with Crippen LogP contribution in [0, 0.1) is 6.92 Å². The Balaban J connectivity index is 1.68. The van der Waals surface area contributed by atoms with E-state index in [-0.39, 0.29) is 0 Å². The number of aromatic nitrogens is 2. The zero-order valence-corrected chi connectivity index (χ0v) is 11.1. The Morgan fingerprint density at radius 3 is 2.89 bits per heavy atom. The molecule has 1 aromatic carbocycles. The van der Waals surface area contributed by atoms with Crippen LogP contribution in [0.25, 0.3) is 10.1 Å². The number of fused-ring (bicyclic) bond motifs is 1. The Bertz CT molecular complexity index is 654. The number of hydrogen-bond donors (Lipinski definition) is 2. The fourth-order valence-corrected chi connectivity index (χ4v) is 3.02. The highest BCUT2D eigenvalue weighted by Crippen LogP contribution is 2.25. The molecule has 0 fully saturated rings. The van der Waals surface area contributed by atoms with Gasteiger partial charge < -0.3 is 5.32 Å². The molecule has 0 radical (unpaired) electrons. The van der Waals surface area contributed by atoms with Crippen molar-refractivity contribution in [2.45, 2.75) is 20.0 Å². The molecule has 92 valence electrons. The summed E-state index contributed by atoms with van der Waals surface area (Å²) in [6.45, 7) is 3.80. The molecule has 0 saturated heterocycles. The second-order valence-corrected chi connectivity index (χ2v) is 5.29. The van der Waals surface area contributed by atoms with Gasteiger partial charge in [0.05, 0.1) is 6.20 Å². The molecule has 4 heteroatoms. The molecule has 0 aliphatic carbocycles. The lowest BCUT2D eigenvalue weighted by atomic mass is 10.2. The summed E-state index contributed by atoms with van der Waals surface area (Å²) in [5.74, 6) is 0. The Kier molecular flexibility index (Phi) is 3.13. The van der Waals surface area contributed by atoms with E-state index in [1.807, 2.05) is 13.1 Å². The second kappa shape index (κ2) is 4.92. The molecule has 3 rings (SSSR count). The van der Waals surface area contributed by atoms with E-state index < -0.39 is 0 Å². The maximum absolute atomic E-state index is 4.02. The molecule has 0 bridgehead atoms. The van der Waals surface area contributed by atoms with Crippen LogP contribution in [0.1, 0.15) is 16.8 Å². The number of H-pyrrole nitrogens is 1. The highest BCUT2D eigenvalue weighted by atomic mass is 32.1. The van der Waals surface area contributed by atoms with Gasteiger partial charge in [0.15, 0.2) is 0 Å². The zero-order valence-electron chi connectivity index (χ0n) is 10.2. The van der Waals surface area contributed by atoms with E-state index in [2.05, 4.69) is 45.2 Å². The van der Waals surface area contributed by atoms with E-state index in [9.17, 15) is 0 Å². The van der Waals surface area contributed by atoms with Gasteiger partial charge >= 0.3 is 0 Å². The van der Waals surface area contributed by atoms with Crippen LogP contribution in [-0.4, -0.2) is 10.2 Å². The van der Waals surface area contributed by atoms with Crippen molar-refractivity contribution in [3.63, 3.8) is 0 Å². The van der Waals surface area contributed by atoms with Crippen LogP contribution < -0.4 is 5.32 Å². The third-order valence-electron chi connectivity index (χ3n) is 3.13. The number of hydrogen-bond acceptors (Lipinski definition) is 3. The molecule has 3 nitrogen and oxygen atoms in total. The molecule has 0 amide bonds. The van der Waals surface area contributed by atoms with Gasteiger partial charge in [0.25, 0.3) is 0 Å². The fraction of sp³-hybridized carbons (Fsp3) is 0.214. The van der Waals surface area contributed by atoms with Gasteiger partial charge in [-0.05, 0) is 29.3 Å². The predicted molar refractivity (Wildman–Crippen MR) is 75.7 cm³/mol. The van der Waals surface area contributed by atoms with Crippen molar-refractivity contribution in [2.75, 3.05) is 0 Å². The summed E-state index contributed by atoms with van der Waals surface area (Å²) in [7, 11) is 0. The highest BCUT2D eigenvalue weighted by Gasteiger charge is 2.04. The van der Waals surface area contributed by atoms with E-state index in [4.69, 9.17) is 0 Å². The van der Waals surface area contributed by atoms with E-state index >= 15 is 0 Å². The summed E-state index contributed by atoms with van der Waals surface area (Å²) in [6, 6.07) is 8.54. The van der Waals surface area contributed by atoms with E-state index in [1.54, 1.807) is 11.3 Å². The van der Waals surface area contributed by atoms with Crippen LogP contribution in [-0.2, 0) is 13.1 Å². The number of thiophene rings is 1. The molecular formula is C14H15N3S. The first-order valence-corrected chi connectivity index (χ1v) is 6.87. The topological polar surface area (TPSA) is 40.7 Å². The maximum Gasteiger partial charge on any atom is 0.0535 e. The van der Waals surface area contributed by atoms with Gasteiger partial charge in [0, 0.05) is 29.0 Å². The standard InChI is InChI=1S/C14H15N3S/c1-10-11(8-16-17-10)6-15-7-12-9-18-14-5-3-2-4-13(12)14/h2-5,8-9,15H,6-7H2,1H3,(H,16,17). The van der Waals surface area contributed by atoms with E-state index in [0.29, 0.717) is 0 Å². The second-order valence-electron chi connectivity index (χ2n) is 4.38. The molecule has 0 saturated carbocycles. The van der Waals surface area contributed by atoms with Crippen LogP contribution >= 0.6 is 11.3 Å². The number of aryl methyl sites for hydroxylation is 1. The van der Waals surface area contributed by atoms with Gasteiger partial charge in [0.1, 0.15) is 0 Å². The molecule has 3 aromatic rings. The van der Waals surface area contributed by atoms with Gasteiger partial charge in [-0.3, -0.25) is 5.10 Å². The van der Waals surface area contributed by atoms with Crippen LogP contribution in [0.5, 0.6) is 0 Å². The number of aromatic amines is 1. The summed E-state index contributed by atoms with van der Waals surface area (Å²) in [5, 5.41) is 14.0. The van der Waals surface area contributed by atoms with Crippen molar-refractivity contribution < 1.29 is 0 Å². The minimum Gasteiger partial charge on any atom is -0.308 e. The Morgan fingerprint density at radius 1 is 1.22 bits per heavy atom. The van der Waals surface area contributed by atoms with Crippen molar-refractivity contribution in [3.05, 3.63) is 52.7 Å². The average Bonchev–Trinajstić information content (AvgIpc) is 2.97. The summed E-state index contributed by atoms with van der Waals surface area (Å²) in [5.41, 5.74) is 3.74. The minimum atomic E-state index is 0.854. The Labute approximate surface area is 110 Å². The molecule has 0 atom stereocenters. The number of benzene rings is 1. The molecule has 18 heavy (non-hydrogen) atoms. The van der Waals surface area contributed by atoms with Gasteiger partial charge in [0.2, 0.25) is 0 Å². The lowest BCUT2D eigenvalue weighted by molar-refractivity contribution is 0.695. The van der Waals surface area contributed by atoms with Crippen LogP contribution in [0.15, 0.2) is 35.8 Å². The SMILES string of the molecule is Cc1[nH]ncc1CNCc1csc2ccccc12. The third kappa shape index (κ3) is 2.17. The molecule has 2 heterocycles. The molecular weight excluding hydrogens is 242 g/mol. The van der Waals surface area contributed by atoms with Crippen molar-refractivity contribution in [1.29, 1.82) is 0 Å². The number of rotatable bonds is 4. The number of nitrogens with zero attached hydrogens (tertiary/aromatic N) is 1. The van der Waals surface area contributed by atoms with Gasteiger partial charge in [-0.15, -0.1) is 11.3 Å². The first kappa shape index (κ1) is 11.4. The van der Waals surface area contributed by atoms with E-state index in [1.165, 1.54) is 21.2 Å². The Morgan fingerprint density at radius 2 is 2.06 bits per heavy atom. The van der Waals surface area contributed by atoms with E-state index in [0.717, 1.165) is 18.8 Å². The van der Waals surface area contributed by atoms with Gasteiger partial charge in [-0.2, -0.15) is 5.10 Å². The molecule has 0 aliphatic rings. The monoisotopic (exact) mass is 257 g/mol. The van der Waals surface area contributed by atoms with Crippen molar-refractivity contribution in [1.82, 2.24) is 15.5 Å². The fourth-order valence-electron chi connectivity index (χ4n) is 2.06. The van der Waals surface area contributed by atoms with Crippen LogP contribution in [0.2, 0.25) is 0 Å². The molecule has 2 aromatic heterocycles. The van der Waals surface area contributed by atoms with Crippen molar-refractivity contribution in [3.8, 4) is 0 Å². The summed E-state index contributed by atoms with van der Waals surface area (Å²) >= 11 is 1.81. The molecule has 0 spiro atoms. The Hall–Kier alpha value is -1.65. The zero-order chi connectivity index (χ0) is 12.4.